The second-order valence-corrected chi connectivity index (χ2v) is 4.81. The van der Waals surface area contributed by atoms with Crippen molar-refractivity contribution in [2.45, 2.75) is 16.7 Å². The van der Waals surface area contributed by atoms with Crippen molar-refractivity contribution in [1.82, 2.24) is 0 Å². The summed E-state index contributed by atoms with van der Waals surface area (Å²) >= 11 is 1.12. The molecule has 0 atom stereocenters. The average molecular weight is 264 g/mol. The highest BCUT2D eigenvalue weighted by atomic mass is 32.2. The Balaban J connectivity index is 2.37. The molecule has 0 spiro atoms. The van der Waals surface area contributed by atoms with Crippen molar-refractivity contribution < 1.29 is 13.6 Å². The fraction of sp³-hybridized carbons (Fsp3) is 0.0714. The summed E-state index contributed by atoms with van der Waals surface area (Å²) in [6.07, 6.45) is 0. The molecule has 1 nitrogen and oxygen atoms in total. The number of hydrogen-bond donors (Lipinski definition) is 0. The number of hydrogen-bond acceptors (Lipinski definition) is 2. The van der Waals surface area contributed by atoms with Crippen LogP contribution < -0.4 is 0 Å². The molecule has 92 valence electrons. The number of halogens is 2. The molecule has 0 radical (unpaired) electrons. The van der Waals surface area contributed by atoms with Crippen molar-refractivity contribution in [1.29, 1.82) is 0 Å². The van der Waals surface area contributed by atoms with E-state index in [1.165, 1.54) is 19.1 Å². The van der Waals surface area contributed by atoms with Gasteiger partial charge < -0.3 is 0 Å². The van der Waals surface area contributed by atoms with E-state index in [2.05, 4.69) is 0 Å². The molecule has 0 fully saturated rings. The molecule has 2 aromatic carbocycles. The van der Waals surface area contributed by atoms with Gasteiger partial charge in [0.2, 0.25) is 0 Å². The van der Waals surface area contributed by atoms with Crippen molar-refractivity contribution in [3.8, 4) is 0 Å². The molecule has 0 aromatic heterocycles. The highest BCUT2D eigenvalue weighted by molar-refractivity contribution is 7.99. The molecule has 0 unspecified atom stereocenters. The van der Waals surface area contributed by atoms with Gasteiger partial charge in [-0.2, -0.15) is 0 Å². The van der Waals surface area contributed by atoms with Crippen molar-refractivity contribution >= 4 is 17.5 Å². The van der Waals surface area contributed by atoms with Gasteiger partial charge in [0.05, 0.1) is 0 Å². The van der Waals surface area contributed by atoms with Crippen molar-refractivity contribution in [3.63, 3.8) is 0 Å². The Morgan fingerprint density at radius 1 is 1.06 bits per heavy atom. The van der Waals surface area contributed by atoms with Gasteiger partial charge in [0.1, 0.15) is 11.6 Å². The van der Waals surface area contributed by atoms with Gasteiger partial charge in [-0.1, -0.05) is 30.0 Å². The van der Waals surface area contributed by atoms with E-state index in [0.717, 1.165) is 17.8 Å². The molecule has 0 aliphatic carbocycles. The van der Waals surface area contributed by atoms with Crippen LogP contribution in [0, 0.1) is 11.6 Å². The predicted molar refractivity (Wildman–Crippen MR) is 66.9 cm³/mol. The second kappa shape index (κ2) is 5.31. The first kappa shape index (κ1) is 12.8. The lowest BCUT2D eigenvalue weighted by molar-refractivity contribution is 0.101. The van der Waals surface area contributed by atoms with E-state index in [0.29, 0.717) is 15.4 Å². The Kier molecular flexibility index (Phi) is 3.77. The molecule has 4 heteroatoms. The molecule has 18 heavy (non-hydrogen) atoms. The van der Waals surface area contributed by atoms with Crippen molar-refractivity contribution in [3.05, 3.63) is 59.7 Å². The summed E-state index contributed by atoms with van der Waals surface area (Å²) in [5, 5.41) is 0. The van der Waals surface area contributed by atoms with Crippen LogP contribution >= 0.6 is 11.8 Å². The van der Waals surface area contributed by atoms with Crippen LogP contribution in [0.25, 0.3) is 0 Å². The fourth-order valence-corrected chi connectivity index (χ4v) is 2.52. The molecule has 2 aromatic rings. The first-order chi connectivity index (χ1) is 8.58. The van der Waals surface area contributed by atoms with E-state index in [9.17, 15) is 13.6 Å². The lowest BCUT2D eigenvalue weighted by Crippen LogP contribution is -1.94. The zero-order chi connectivity index (χ0) is 13.1. The highest BCUT2D eigenvalue weighted by Crippen LogP contribution is 2.32. The number of rotatable bonds is 3. The molecule has 0 N–H and O–H groups in total. The highest BCUT2D eigenvalue weighted by Gasteiger charge is 2.10. The Morgan fingerprint density at radius 2 is 1.78 bits per heavy atom. The molecule has 0 bridgehead atoms. The van der Waals surface area contributed by atoms with Gasteiger partial charge in [0.15, 0.2) is 5.78 Å². The molecule has 0 aliphatic rings. The van der Waals surface area contributed by atoms with E-state index in [-0.39, 0.29) is 5.78 Å². The maximum absolute atomic E-state index is 13.5. The van der Waals surface area contributed by atoms with Gasteiger partial charge in [-0.3, -0.25) is 4.79 Å². The summed E-state index contributed by atoms with van der Waals surface area (Å²) in [7, 11) is 0. The Labute approximate surface area is 108 Å². The van der Waals surface area contributed by atoms with Gasteiger partial charge in [0, 0.05) is 21.4 Å². The lowest BCUT2D eigenvalue weighted by atomic mass is 10.1. The number of Topliss-reactive ketones (excluding diaryl/α,β-unsaturated/α-hetero) is 1. The van der Waals surface area contributed by atoms with Crippen LogP contribution in [-0.4, -0.2) is 5.78 Å². The first-order valence-corrected chi connectivity index (χ1v) is 6.12. The maximum atomic E-state index is 13.5. The lowest BCUT2D eigenvalue weighted by Gasteiger charge is -2.07. The molecule has 2 rings (SSSR count). The van der Waals surface area contributed by atoms with Crippen LogP contribution in [0.1, 0.15) is 17.3 Å². The molecular weight excluding hydrogens is 254 g/mol. The summed E-state index contributed by atoms with van der Waals surface area (Å²) in [6.45, 7) is 1.46. The van der Waals surface area contributed by atoms with Crippen LogP contribution in [0.15, 0.2) is 52.3 Å². The maximum Gasteiger partial charge on any atom is 0.160 e. The zero-order valence-corrected chi connectivity index (χ0v) is 10.4. The number of ketones is 1. The zero-order valence-electron chi connectivity index (χ0n) is 9.61. The Hall–Kier alpha value is -1.68. The van der Waals surface area contributed by atoms with E-state index < -0.39 is 11.6 Å². The third kappa shape index (κ3) is 2.76. The van der Waals surface area contributed by atoms with Crippen molar-refractivity contribution in [2.24, 2.45) is 0 Å². The predicted octanol–water partition coefficient (Wildman–Crippen LogP) is 4.32. The van der Waals surface area contributed by atoms with Crippen LogP contribution in [-0.2, 0) is 0 Å². The van der Waals surface area contributed by atoms with Crippen LogP contribution in [0.5, 0.6) is 0 Å². The number of carbonyl (C=O) groups excluding carboxylic acids is 1. The van der Waals surface area contributed by atoms with E-state index in [4.69, 9.17) is 0 Å². The van der Waals surface area contributed by atoms with Gasteiger partial charge in [0.25, 0.3) is 0 Å². The van der Waals surface area contributed by atoms with Crippen LogP contribution in [0.2, 0.25) is 0 Å². The van der Waals surface area contributed by atoms with Gasteiger partial charge in [-0.15, -0.1) is 0 Å². The molecular formula is C14H10F2OS. The smallest absolute Gasteiger partial charge is 0.160 e. The van der Waals surface area contributed by atoms with E-state index in [1.807, 2.05) is 0 Å². The monoisotopic (exact) mass is 264 g/mol. The quantitative estimate of drug-likeness (QED) is 0.768. The van der Waals surface area contributed by atoms with Gasteiger partial charge >= 0.3 is 0 Å². The van der Waals surface area contributed by atoms with Crippen LogP contribution in [0.3, 0.4) is 0 Å². The molecule has 0 amide bonds. The number of benzene rings is 2. The molecule has 0 saturated heterocycles. The third-order valence-electron chi connectivity index (χ3n) is 2.38. The minimum absolute atomic E-state index is 0.0828. The average Bonchev–Trinajstić information content (AvgIpc) is 2.33. The van der Waals surface area contributed by atoms with E-state index in [1.54, 1.807) is 24.3 Å². The first-order valence-electron chi connectivity index (χ1n) is 5.31. The summed E-state index contributed by atoms with van der Waals surface area (Å²) in [4.78, 5) is 12.4. The summed E-state index contributed by atoms with van der Waals surface area (Å²) in [5.74, 6) is -1.32. The Bertz CT molecular complexity index is 596. The van der Waals surface area contributed by atoms with Crippen molar-refractivity contribution in [2.75, 3.05) is 0 Å². The summed E-state index contributed by atoms with van der Waals surface area (Å²) in [5.41, 5.74) is 0.534. The van der Waals surface area contributed by atoms with E-state index >= 15 is 0 Å². The van der Waals surface area contributed by atoms with Gasteiger partial charge in [-0.25, -0.2) is 8.78 Å². The van der Waals surface area contributed by atoms with Crippen LogP contribution in [0.4, 0.5) is 8.78 Å². The van der Waals surface area contributed by atoms with Gasteiger partial charge in [-0.05, 0) is 25.1 Å². The minimum Gasteiger partial charge on any atom is -0.294 e. The third-order valence-corrected chi connectivity index (χ3v) is 3.51. The molecule has 0 saturated carbocycles. The minimum atomic E-state index is -0.627. The normalized spacial score (nSPS) is 10.4. The molecule has 0 aliphatic heterocycles. The molecule has 0 heterocycles. The Morgan fingerprint density at radius 3 is 2.44 bits per heavy atom. The second-order valence-electron chi connectivity index (χ2n) is 3.73. The number of carbonyl (C=O) groups is 1. The SMILES string of the molecule is CC(=O)c1ccccc1Sc1ccc(F)cc1F. The topological polar surface area (TPSA) is 17.1 Å². The standard InChI is InChI=1S/C14H10F2OS/c1-9(17)11-4-2-3-5-13(11)18-14-7-6-10(15)8-12(14)16/h2-8H,1H3. The largest absolute Gasteiger partial charge is 0.294 e. The summed E-state index contributed by atoms with van der Waals surface area (Å²) in [6, 6.07) is 10.3. The summed E-state index contributed by atoms with van der Waals surface area (Å²) < 4.78 is 26.3. The fourth-order valence-electron chi connectivity index (χ4n) is 1.52.